The van der Waals surface area contributed by atoms with Crippen LogP contribution < -0.4 is 11.1 Å². The van der Waals surface area contributed by atoms with Gasteiger partial charge in [0.15, 0.2) is 5.78 Å². The van der Waals surface area contributed by atoms with E-state index in [0.29, 0.717) is 31.1 Å². The number of nitrogen functional groups attached to an aromatic ring is 1. The number of benzene rings is 1. The minimum absolute atomic E-state index is 0.0257. The molecule has 3 N–H and O–H groups in total. The van der Waals surface area contributed by atoms with E-state index >= 15 is 0 Å². The van der Waals surface area contributed by atoms with Crippen LogP contribution in [0.1, 0.15) is 53.7 Å². The Morgan fingerprint density at radius 2 is 1.79 bits per heavy atom. The molecule has 2 saturated carbocycles. The molecule has 3 aliphatic rings. The zero-order valence-electron chi connectivity index (χ0n) is 24.5. The molecule has 1 aliphatic heterocycles. The third-order valence-corrected chi connectivity index (χ3v) is 9.64. The molecule has 10 heteroatoms. The highest BCUT2D eigenvalue weighted by Crippen LogP contribution is 2.56. The van der Waals surface area contributed by atoms with E-state index in [1.165, 1.54) is 6.33 Å². The second kappa shape index (κ2) is 10.8. The number of Topliss-reactive ketones (excluding diaryl/α,β-unsaturated/α-hetero) is 1. The fourth-order valence-electron chi connectivity index (χ4n) is 7.43. The monoisotopic (exact) mass is 579 g/mol. The van der Waals surface area contributed by atoms with Gasteiger partial charge in [0.05, 0.1) is 31.6 Å². The number of pyridine rings is 1. The molecule has 10 nitrogen and oxygen atoms in total. The summed E-state index contributed by atoms with van der Waals surface area (Å²) in [7, 11) is 0. The first-order chi connectivity index (χ1) is 20.8. The van der Waals surface area contributed by atoms with E-state index < -0.39 is 0 Å². The number of carbonyl (C=O) groups is 2. The lowest BCUT2D eigenvalue weighted by molar-refractivity contribution is -0.125. The molecule has 1 aromatic carbocycles. The van der Waals surface area contributed by atoms with Crippen LogP contribution >= 0.6 is 0 Å². The highest BCUT2D eigenvalue weighted by atomic mass is 16.5. The summed E-state index contributed by atoms with van der Waals surface area (Å²) < 4.78 is 7.72. The maximum atomic E-state index is 13.1. The minimum atomic E-state index is -0.202. The van der Waals surface area contributed by atoms with Crippen molar-refractivity contribution in [1.82, 2.24) is 29.7 Å². The summed E-state index contributed by atoms with van der Waals surface area (Å²) in [6.45, 7) is 5.36. The third-order valence-electron chi connectivity index (χ3n) is 9.64. The number of amides is 1. The number of morpholine rings is 1. The number of ketones is 1. The Morgan fingerprint density at radius 3 is 2.53 bits per heavy atom. The Morgan fingerprint density at radius 1 is 1.02 bits per heavy atom. The molecule has 0 spiro atoms. The number of rotatable bonds is 8. The lowest BCUT2D eigenvalue weighted by Crippen LogP contribution is -2.50. The molecule has 4 heterocycles. The summed E-state index contributed by atoms with van der Waals surface area (Å²) in [6, 6.07) is 11.6. The first-order valence-corrected chi connectivity index (χ1v) is 15.1. The van der Waals surface area contributed by atoms with Crippen molar-refractivity contribution in [3.05, 3.63) is 71.9 Å². The van der Waals surface area contributed by atoms with E-state index in [1.807, 2.05) is 43.3 Å². The van der Waals surface area contributed by atoms with E-state index in [-0.39, 0.29) is 29.2 Å². The van der Waals surface area contributed by atoms with Crippen molar-refractivity contribution in [2.45, 2.75) is 56.5 Å². The average molecular weight is 580 g/mol. The lowest BCUT2D eigenvalue weighted by atomic mass is 9.91. The van der Waals surface area contributed by atoms with Crippen LogP contribution in [0, 0.1) is 6.92 Å². The summed E-state index contributed by atoms with van der Waals surface area (Å²) in [4.78, 5) is 41.6. The Balaban J connectivity index is 1.14. The maximum Gasteiger partial charge on any atom is 0.234 e. The molecule has 43 heavy (non-hydrogen) atoms. The first kappa shape index (κ1) is 27.7. The summed E-state index contributed by atoms with van der Waals surface area (Å²) in [5.41, 5.74) is 11.3. The predicted octanol–water partition coefficient (Wildman–Crippen LogP) is 3.67. The summed E-state index contributed by atoms with van der Waals surface area (Å²) >= 11 is 0. The number of hydrogen-bond donors (Lipinski definition) is 2. The van der Waals surface area contributed by atoms with Crippen LogP contribution in [-0.4, -0.2) is 74.5 Å². The van der Waals surface area contributed by atoms with Gasteiger partial charge >= 0.3 is 0 Å². The second-order valence-corrected chi connectivity index (χ2v) is 12.5. The van der Waals surface area contributed by atoms with Crippen LogP contribution in [0.15, 0.2) is 55.1 Å². The number of ether oxygens (including phenoxy) is 1. The molecular weight excluding hydrogens is 542 g/mol. The fraction of sp³-hybridized carbons (Fsp3) is 0.424. The number of anilines is 1. The van der Waals surface area contributed by atoms with Crippen LogP contribution in [0.25, 0.3) is 22.2 Å². The molecule has 2 bridgehead atoms. The molecule has 7 rings (SSSR count). The Bertz CT molecular complexity index is 1680. The predicted molar refractivity (Wildman–Crippen MR) is 164 cm³/mol. The quantitative estimate of drug-likeness (QED) is 0.303. The number of nitrogens with one attached hydrogen (secondary N) is 1. The largest absolute Gasteiger partial charge is 0.383 e. The minimum Gasteiger partial charge on any atom is -0.383 e. The zero-order chi connectivity index (χ0) is 29.6. The van der Waals surface area contributed by atoms with Gasteiger partial charge in [-0.1, -0.05) is 24.3 Å². The molecular formula is C33H37N7O3. The smallest absolute Gasteiger partial charge is 0.234 e. The van der Waals surface area contributed by atoms with Gasteiger partial charge in [-0.15, -0.1) is 0 Å². The van der Waals surface area contributed by atoms with Crippen molar-refractivity contribution in [2.24, 2.45) is 0 Å². The van der Waals surface area contributed by atoms with Crippen molar-refractivity contribution in [3.8, 4) is 11.1 Å². The SMILES string of the molecule is Cc1ccnc(CC(=O)c2ccc(-c3cn(C45CCC(NC(=O)CN6CCOCC6)(CC4)C5)c4ncnc(N)c34)cc2)c1. The molecule has 0 unspecified atom stereocenters. The topological polar surface area (TPSA) is 128 Å². The molecule has 222 valence electrons. The Kier molecular flexibility index (Phi) is 6.98. The molecule has 0 radical (unpaired) electrons. The summed E-state index contributed by atoms with van der Waals surface area (Å²) in [6.07, 6.45) is 10.3. The van der Waals surface area contributed by atoms with E-state index in [1.54, 1.807) is 6.20 Å². The average Bonchev–Trinajstić information content (AvgIpc) is 3.69. The van der Waals surface area contributed by atoms with Crippen LogP contribution in [0.5, 0.6) is 0 Å². The highest BCUT2D eigenvalue weighted by molar-refractivity contribution is 6.02. The van der Waals surface area contributed by atoms with Crippen molar-refractivity contribution in [2.75, 3.05) is 38.6 Å². The van der Waals surface area contributed by atoms with Gasteiger partial charge in [0.1, 0.15) is 17.8 Å². The van der Waals surface area contributed by atoms with Gasteiger partial charge in [0.2, 0.25) is 5.91 Å². The standard InChI is InChI=1S/C33H37N7O3/c1-22-6-11-35-25(16-22)17-27(41)24-4-2-23(3-5-24)26-18-40(31-29(26)30(34)36-21-37-31)33-9-7-32(20-33,8-10-33)38-28(42)19-39-12-14-43-15-13-39/h2-6,11,16,18,21H,7-10,12-15,17,19-20H2,1H3,(H,38,42)(H2,34,36,37). The Hall–Kier alpha value is -4.15. The fourth-order valence-corrected chi connectivity index (χ4v) is 7.43. The molecule has 0 atom stereocenters. The van der Waals surface area contributed by atoms with Gasteiger partial charge in [-0.3, -0.25) is 19.5 Å². The number of aromatic nitrogens is 4. The zero-order valence-corrected chi connectivity index (χ0v) is 24.5. The molecule has 4 aromatic rings. The van der Waals surface area contributed by atoms with Crippen molar-refractivity contribution >= 4 is 28.5 Å². The number of carbonyl (C=O) groups excluding carboxylic acids is 2. The molecule has 2 aliphatic carbocycles. The summed E-state index contributed by atoms with van der Waals surface area (Å²) in [5, 5.41) is 4.25. The van der Waals surface area contributed by atoms with Gasteiger partial charge in [-0.25, -0.2) is 9.97 Å². The number of hydrogen-bond acceptors (Lipinski definition) is 8. The van der Waals surface area contributed by atoms with Crippen LogP contribution in [0.4, 0.5) is 5.82 Å². The van der Waals surface area contributed by atoms with Crippen LogP contribution in [-0.2, 0) is 21.5 Å². The van der Waals surface area contributed by atoms with Gasteiger partial charge < -0.3 is 20.4 Å². The van der Waals surface area contributed by atoms with Gasteiger partial charge in [-0.05, 0) is 62.3 Å². The van der Waals surface area contributed by atoms with E-state index in [4.69, 9.17) is 15.5 Å². The number of nitrogens with two attached hydrogens (primary N) is 1. The normalized spacial score (nSPS) is 23.6. The molecule has 3 fully saturated rings. The van der Waals surface area contributed by atoms with E-state index in [2.05, 4.69) is 30.9 Å². The molecule has 3 aromatic heterocycles. The van der Waals surface area contributed by atoms with Crippen LogP contribution in [0.2, 0.25) is 0 Å². The van der Waals surface area contributed by atoms with Crippen molar-refractivity contribution in [3.63, 3.8) is 0 Å². The third kappa shape index (κ3) is 5.19. The Labute approximate surface area is 250 Å². The number of fused-ring (bicyclic) bond motifs is 3. The van der Waals surface area contributed by atoms with Gasteiger partial charge in [0.25, 0.3) is 0 Å². The van der Waals surface area contributed by atoms with Gasteiger partial charge in [-0.2, -0.15) is 0 Å². The van der Waals surface area contributed by atoms with Crippen LogP contribution in [0.3, 0.4) is 0 Å². The van der Waals surface area contributed by atoms with Gasteiger partial charge in [0, 0.05) is 53.4 Å². The summed E-state index contributed by atoms with van der Waals surface area (Å²) in [5.74, 6) is 0.552. The maximum absolute atomic E-state index is 13.1. The number of aryl methyl sites for hydroxylation is 1. The first-order valence-electron chi connectivity index (χ1n) is 15.1. The molecule has 1 amide bonds. The molecule has 1 saturated heterocycles. The van der Waals surface area contributed by atoms with Crippen molar-refractivity contribution in [1.29, 1.82) is 0 Å². The number of nitrogens with zero attached hydrogens (tertiary/aromatic N) is 5. The van der Waals surface area contributed by atoms with Crippen molar-refractivity contribution < 1.29 is 14.3 Å². The van der Waals surface area contributed by atoms with E-state index in [0.717, 1.165) is 78.6 Å². The second-order valence-electron chi connectivity index (χ2n) is 12.5. The highest BCUT2D eigenvalue weighted by Gasteiger charge is 2.56. The lowest BCUT2D eigenvalue weighted by Gasteiger charge is -2.31. The van der Waals surface area contributed by atoms with E-state index in [9.17, 15) is 9.59 Å².